The predicted octanol–water partition coefficient (Wildman–Crippen LogP) is 2.57. The number of nitrogens with zero attached hydrogens (tertiary/aromatic N) is 6. The normalized spacial score (nSPS) is 18.2. The smallest absolute Gasteiger partial charge is 0.348 e. The molecule has 23 heavy (non-hydrogen) atoms. The number of aryl methyl sites for hydroxylation is 2. The van der Waals surface area contributed by atoms with Crippen molar-refractivity contribution < 1.29 is 4.92 Å². The molecule has 8 heteroatoms. The van der Waals surface area contributed by atoms with Crippen molar-refractivity contribution in [1.82, 2.24) is 19.7 Å². The van der Waals surface area contributed by atoms with Crippen molar-refractivity contribution in [3.05, 3.63) is 33.9 Å². The van der Waals surface area contributed by atoms with Gasteiger partial charge in [0.25, 0.3) is 0 Å². The van der Waals surface area contributed by atoms with Crippen molar-refractivity contribution in [3.63, 3.8) is 0 Å². The van der Waals surface area contributed by atoms with Gasteiger partial charge < -0.3 is 4.90 Å². The van der Waals surface area contributed by atoms with Crippen LogP contribution in [0.25, 0.3) is 5.82 Å². The number of piperidine rings is 1. The highest BCUT2D eigenvalue weighted by Gasteiger charge is 2.32. The largest absolute Gasteiger partial charge is 0.355 e. The molecule has 0 bridgehead atoms. The molecule has 0 radical (unpaired) electrons. The van der Waals surface area contributed by atoms with Gasteiger partial charge in [-0.15, -0.1) is 0 Å². The zero-order valence-corrected chi connectivity index (χ0v) is 13.6. The van der Waals surface area contributed by atoms with Crippen molar-refractivity contribution in [2.75, 3.05) is 11.4 Å². The molecule has 1 aliphatic heterocycles. The fourth-order valence-corrected chi connectivity index (χ4v) is 3.15. The van der Waals surface area contributed by atoms with Gasteiger partial charge in [0.05, 0.1) is 10.6 Å². The van der Waals surface area contributed by atoms with E-state index in [9.17, 15) is 10.1 Å². The predicted molar refractivity (Wildman–Crippen MR) is 85.9 cm³/mol. The molecule has 122 valence electrons. The first-order valence-corrected chi connectivity index (χ1v) is 7.78. The van der Waals surface area contributed by atoms with Crippen LogP contribution in [0.3, 0.4) is 0 Å². The summed E-state index contributed by atoms with van der Waals surface area (Å²) in [6.45, 7) is 6.56. The van der Waals surface area contributed by atoms with E-state index >= 15 is 0 Å². The Labute approximate surface area is 134 Å². The summed E-state index contributed by atoms with van der Waals surface area (Å²) in [7, 11) is 0. The van der Waals surface area contributed by atoms with E-state index in [1.54, 1.807) is 0 Å². The highest BCUT2D eigenvalue weighted by molar-refractivity contribution is 5.66. The molecule has 0 aliphatic carbocycles. The number of nitro groups is 1. The molecule has 3 heterocycles. The van der Waals surface area contributed by atoms with Crippen LogP contribution in [0.4, 0.5) is 11.5 Å². The summed E-state index contributed by atoms with van der Waals surface area (Å²) < 4.78 is 1.52. The average molecular weight is 316 g/mol. The Kier molecular flexibility index (Phi) is 3.97. The molecule has 1 atom stereocenters. The third-order valence-electron chi connectivity index (χ3n) is 4.25. The van der Waals surface area contributed by atoms with Crippen molar-refractivity contribution in [2.24, 2.45) is 0 Å². The minimum Gasteiger partial charge on any atom is -0.348 e. The Morgan fingerprint density at radius 1 is 1.26 bits per heavy atom. The molecular formula is C15H20N6O2. The third-order valence-corrected chi connectivity index (χ3v) is 4.25. The molecule has 1 unspecified atom stereocenters. The molecule has 2 aromatic heterocycles. The van der Waals surface area contributed by atoms with Gasteiger partial charge in [-0.25, -0.2) is 14.6 Å². The van der Waals surface area contributed by atoms with Gasteiger partial charge in [-0.05, 0) is 46.1 Å². The lowest BCUT2D eigenvalue weighted by Crippen LogP contribution is -2.38. The van der Waals surface area contributed by atoms with Gasteiger partial charge in [0, 0.05) is 18.3 Å². The van der Waals surface area contributed by atoms with Crippen LogP contribution in [0.15, 0.2) is 12.4 Å². The van der Waals surface area contributed by atoms with Crippen LogP contribution < -0.4 is 4.90 Å². The van der Waals surface area contributed by atoms with Gasteiger partial charge >= 0.3 is 5.69 Å². The maximum absolute atomic E-state index is 11.7. The summed E-state index contributed by atoms with van der Waals surface area (Å²) in [5, 5.41) is 16.1. The number of anilines is 1. The lowest BCUT2D eigenvalue weighted by molar-refractivity contribution is -0.384. The van der Waals surface area contributed by atoms with Gasteiger partial charge in [0.1, 0.15) is 6.33 Å². The zero-order valence-electron chi connectivity index (χ0n) is 13.6. The summed E-state index contributed by atoms with van der Waals surface area (Å²) in [6, 6.07) is 2.10. The average Bonchev–Trinajstić information content (AvgIpc) is 2.85. The summed E-state index contributed by atoms with van der Waals surface area (Å²) in [5.74, 6) is 0.614. The van der Waals surface area contributed by atoms with Gasteiger partial charge in [-0.2, -0.15) is 5.10 Å². The molecule has 0 saturated carbocycles. The molecule has 0 spiro atoms. The van der Waals surface area contributed by atoms with Crippen molar-refractivity contribution in [1.29, 1.82) is 0 Å². The second-order valence-corrected chi connectivity index (χ2v) is 6.00. The van der Waals surface area contributed by atoms with E-state index in [2.05, 4.69) is 22.0 Å². The monoisotopic (exact) mass is 316 g/mol. The molecule has 1 fully saturated rings. The molecule has 1 saturated heterocycles. The van der Waals surface area contributed by atoms with E-state index in [0.29, 0.717) is 5.82 Å². The van der Waals surface area contributed by atoms with Crippen LogP contribution in [0.5, 0.6) is 0 Å². The zero-order chi connectivity index (χ0) is 16.6. The van der Waals surface area contributed by atoms with Crippen molar-refractivity contribution in [2.45, 2.75) is 46.1 Å². The standard InChI is InChI=1S/C15H20N6O2/c1-10-8-12(3)20(18-10)15-13(21(22)23)14(16-9-17-15)19-7-5-4-6-11(19)2/h8-9,11H,4-7H2,1-3H3. The van der Waals surface area contributed by atoms with E-state index in [1.165, 1.54) is 11.0 Å². The van der Waals surface area contributed by atoms with E-state index < -0.39 is 4.92 Å². The second kappa shape index (κ2) is 5.94. The maximum atomic E-state index is 11.7. The number of hydrogen-bond acceptors (Lipinski definition) is 6. The van der Waals surface area contributed by atoms with Crippen molar-refractivity contribution >= 4 is 11.5 Å². The number of aromatic nitrogens is 4. The highest BCUT2D eigenvalue weighted by Crippen LogP contribution is 2.34. The van der Waals surface area contributed by atoms with E-state index in [0.717, 1.165) is 37.2 Å². The summed E-state index contributed by atoms with van der Waals surface area (Å²) >= 11 is 0. The van der Waals surface area contributed by atoms with Crippen LogP contribution in [0.1, 0.15) is 37.6 Å². The van der Waals surface area contributed by atoms with Crippen LogP contribution in [-0.2, 0) is 0 Å². The lowest BCUT2D eigenvalue weighted by Gasteiger charge is -2.33. The Hall–Kier alpha value is -2.51. The van der Waals surface area contributed by atoms with Crippen LogP contribution in [0.2, 0.25) is 0 Å². The molecule has 1 aliphatic rings. The fraction of sp³-hybridized carbons (Fsp3) is 0.533. The molecule has 8 nitrogen and oxygen atoms in total. The quantitative estimate of drug-likeness (QED) is 0.638. The maximum Gasteiger partial charge on any atom is 0.355 e. The van der Waals surface area contributed by atoms with Gasteiger partial charge in [-0.1, -0.05) is 0 Å². The van der Waals surface area contributed by atoms with E-state index in [-0.39, 0.29) is 17.5 Å². The summed E-state index contributed by atoms with van der Waals surface area (Å²) in [4.78, 5) is 21.7. The topological polar surface area (TPSA) is 90.0 Å². The third kappa shape index (κ3) is 2.76. The summed E-state index contributed by atoms with van der Waals surface area (Å²) in [6.07, 6.45) is 4.55. The Morgan fingerprint density at radius 3 is 2.61 bits per heavy atom. The molecule has 0 N–H and O–H groups in total. The van der Waals surface area contributed by atoms with Crippen molar-refractivity contribution in [3.8, 4) is 5.82 Å². The first-order chi connectivity index (χ1) is 11.0. The molecule has 3 rings (SSSR count). The lowest BCUT2D eigenvalue weighted by atomic mass is 10.0. The number of rotatable bonds is 3. The second-order valence-electron chi connectivity index (χ2n) is 6.00. The fourth-order valence-electron chi connectivity index (χ4n) is 3.15. The van der Waals surface area contributed by atoms with Gasteiger partial charge in [0.15, 0.2) is 0 Å². The Balaban J connectivity index is 2.16. The molecule has 0 amide bonds. The van der Waals surface area contributed by atoms with E-state index in [4.69, 9.17) is 0 Å². The first kappa shape index (κ1) is 15.4. The minimum absolute atomic E-state index is 0.0764. The molecule has 0 aromatic carbocycles. The van der Waals surface area contributed by atoms with Crippen LogP contribution >= 0.6 is 0 Å². The van der Waals surface area contributed by atoms with Crippen LogP contribution in [-0.4, -0.2) is 37.3 Å². The van der Waals surface area contributed by atoms with Gasteiger partial charge in [-0.3, -0.25) is 10.1 Å². The summed E-state index contributed by atoms with van der Waals surface area (Å²) in [5.41, 5.74) is 1.53. The molecule has 2 aromatic rings. The van der Waals surface area contributed by atoms with Crippen LogP contribution in [0, 0.1) is 24.0 Å². The minimum atomic E-state index is -0.400. The van der Waals surface area contributed by atoms with Gasteiger partial charge in [0.2, 0.25) is 11.6 Å². The molecular weight excluding hydrogens is 296 g/mol. The Morgan fingerprint density at radius 2 is 2.00 bits per heavy atom. The highest BCUT2D eigenvalue weighted by atomic mass is 16.6. The SMILES string of the molecule is Cc1cc(C)n(-c2ncnc(N3CCCCC3C)c2[N+](=O)[O-])n1. The Bertz CT molecular complexity index is 742. The number of hydrogen-bond donors (Lipinski definition) is 0. The first-order valence-electron chi connectivity index (χ1n) is 7.78. The van der Waals surface area contributed by atoms with E-state index in [1.807, 2.05) is 24.8 Å².